The van der Waals surface area contributed by atoms with Gasteiger partial charge in [0.2, 0.25) is 5.91 Å². The molecule has 4 aromatic rings. The van der Waals surface area contributed by atoms with Crippen molar-refractivity contribution < 1.29 is 33.4 Å². The zero-order valence-corrected chi connectivity index (χ0v) is 28.2. The van der Waals surface area contributed by atoms with Crippen LogP contribution < -0.4 is 41.4 Å². The van der Waals surface area contributed by atoms with Gasteiger partial charge in [-0.1, -0.05) is 6.07 Å². The highest BCUT2D eigenvalue weighted by molar-refractivity contribution is 6.39. The van der Waals surface area contributed by atoms with E-state index in [9.17, 15) is 19.2 Å². The van der Waals surface area contributed by atoms with Gasteiger partial charge < -0.3 is 40.5 Å². The number of methoxy groups -OCH3 is 2. The Labute approximate surface area is 293 Å². The van der Waals surface area contributed by atoms with Crippen molar-refractivity contribution in [2.24, 2.45) is 5.84 Å². The Morgan fingerprint density at radius 3 is 2.51 bits per heavy atom. The fraction of sp³-hybridized carbons (Fsp3) is 0.286. The highest BCUT2D eigenvalue weighted by atomic mass is 16.5. The van der Waals surface area contributed by atoms with E-state index in [1.54, 1.807) is 54.6 Å². The van der Waals surface area contributed by atoms with Crippen molar-refractivity contribution in [2.45, 2.75) is 25.4 Å². The predicted molar refractivity (Wildman–Crippen MR) is 188 cm³/mol. The van der Waals surface area contributed by atoms with Crippen molar-refractivity contribution in [3.8, 4) is 17.2 Å². The summed E-state index contributed by atoms with van der Waals surface area (Å²) in [6.07, 6.45) is 3.98. The third kappa shape index (κ3) is 8.85. The number of carbonyl (C=O) groups excluding carboxylic acids is 4. The highest BCUT2D eigenvalue weighted by Crippen LogP contribution is 2.27. The normalized spacial score (nSPS) is 13.6. The Bertz CT molecular complexity index is 1920. The molecule has 16 nitrogen and oxygen atoms in total. The van der Waals surface area contributed by atoms with Gasteiger partial charge in [-0.2, -0.15) is 0 Å². The molecule has 0 saturated carbocycles. The number of nitrogen functional groups attached to an aromatic ring is 1. The van der Waals surface area contributed by atoms with Gasteiger partial charge in [-0.05, 0) is 60.9 Å². The third-order valence-corrected chi connectivity index (χ3v) is 8.24. The Balaban J connectivity index is 1.11. The smallest absolute Gasteiger partial charge is 0.267 e. The number of carbonyl (C=O) groups is 4. The van der Waals surface area contributed by atoms with Crippen LogP contribution in [0.2, 0.25) is 0 Å². The minimum Gasteiger partial charge on any atom is -0.493 e. The predicted octanol–water partition coefficient (Wildman–Crippen LogP) is 1.80. The first kappa shape index (κ1) is 36.0. The second-order valence-corrected chi connectivity index (χ2v) is 11.4. The van der Waals surface area contributed by atoms with Gasteiger partial charge in [0.25, 0.3) is 17.7 Å². The van der Waals surface area contributed by atoms with Gasteiger partial charge >= 0.3 is 0 Å². The first-order chi connectivity index (χ1) is 24.7. The Kier molecular flexibility index (Phi) is 11.9. The number of ether oxygens (including phenoxy) is 3. The number of amides is 4. The molecule has 1 atom stereocenters. The summed E-state index contributed by atoms with van der Waals surface area (Å²) in [6, 6.07) is 14.3. The molecule has 0 radical (unpaired) electrons. The standard InChI is InChI=1S/C35H39N9O7/c1-49-28-9-5-21(16-29(28)50-2)18-41-35(48)32(36)27-4-3-14-44(27)31(45)20-42-34(47)25-11-12-38-26-17-23(7-8-24(25)26)51-15-13-39-33(46)22-6-10-30(43-37)40-19-22/h5-12,16-17,19,27,36H,3-4,13-15,18,20,37H2,1-2H3,(H,39,46)(H,40,43)(H,41,48)(H,42,47)/t27-/m0/s1. The molecule has 4 amide bonds. The van der Waals surface area contributed by atoms with Crippen LogP contribution in [-0.4, -0.2) is 90.7 Å². The van der Waals surface area contributed by atoms with Gasteiger partial charge in [-0.25, -0.2) is 10.8 Å². The molecule has 1 aliphatic heterocycles. The number of nitrogens with zero attached hydrogens (tertiary/aromatic N) is 3. The molecular formula is C35H39N9O7. The summed E-state index contributed by atoms with van der Waals surface area (Å²) in [5.41, 5.74) is 4.13. The van der Waals surface area contributed by atoms with Crippen molar-refractivity contribution in [1.29, 1.82) is 5.41 Å². The largest absolute Gasteiger partial charge is 0.493 e. The number of nitrogens with two attached hydrogens (primary N) is 1. The molecule has 2 aromatic carbocycles. The molecule has 16 heteroatoms. The van der Waals surface area contributed by atoms with Gasteiger partial charge in [0.05, 0.1) is 50.0 Å². The number of nitrogens with one attached hydrogen (secondary N) is 5. The number of fused-ring (bicyclic) bond motifs is 1. The maximum absolute atomic E-state index is 13.2. The number of rotatable bonds is 15. The number of hydrazine groups is 1. The minimum atomic E-state index is -0.703. The summed E-state index contributed by atoms with van der Waals surface area (Å²) in [5.74, 6) is 5.54. The van der Waals surface area contributed by atoms with Crippen molar-refractivity contribution in [2.75, 3.05) is 45.9 Å². The van der Waals surface area contributed by atoms with Gasteiger partial charge in [0.1, 0.15) is 23.9 Å². The third-order valence-electron chi connectivity index (χ3n) is 8.24. The molecule has 7 N–H and O–H groups in total. The van der Waals surface area contributed by atoms with Gasteiger partial charge in [-0.3, -0.25) is 29.6 Å². The molecule has 5 rings (SSSR count). The van der Waals surface area contributed by atoms with Crippen molar-refractivity contribution in [1.82, 2.24) is 30.8 Å². The number of hydrogen-bond acceptors (Lipinski definition) is 12. The summed E-state index contributed by atoms with van der Waals surface area (Å²) in [7, 11) is 3.05. The van der Waals surface area contributed by atoms with E-state index in [-0.39, 0.29) is 37.9 Å². The average Bonchev–Trinajstić information content (AvgIpc) is 3.67. The molecular weight excluding hydrogens is 658 g/mol. The van der Waals surface area contributed by atoms with Crippen LogP contribution in [0.5, 0.6) is 17.2 Å². The molecule has 3 heterocycles. The number of likely N-dealkylation sites (tertiary alicyclic amines) is 1. The lowest BCUT2D eigenvalue weighted by Gasteiger charge is -2.25. The fourth-order valence-corrected chi connectivity index (χ4v) is 5.60. The van der Waals surface area contributed by atoms with Crippen LogP contribution in [0.15, 0.2) is 67.0 Å². The first-order valence-corrected chi connectivity index (χ1v) is 16.1. The van der Waals surface area contributed by atoms with Gasteiger partial charge in [-0.15, -0.1) is 0 Å². The van der Waals surface area contributed by atoms with Crippen LogP contribution in [0, 0.1) is 5.41 Å². The van der Waals surface area contributed by atoms with Gasteiger partial charge in [0.15, 0.2) is 11.5 Å². The minimum absolute atomic E-state index is 0.159. The van der Waals surface area contributed by atoms with E-state index in [0.717, 1.165) is 5.56 Å². The lowest BCUT2D eigenvalue weighted by Crippen LogP contribution is -2.49. The average molecular weight is 698 g/mol. The summed E-state index contributed by atoms with van der Waals surface area (Å²) in [5, 5.41) is 17.2. The van der Waals surface area contributed by atoms with Crippen molar-refractivity contribution >= 4 is 46.1 Å². The van der Waals surface area contributed by atoms with Crippen molar-refractivity contribution in [3.05, 3.63) is 83.7 Å². The lowest BCUT2D eigenvalue weighted by molar-refractivity contribution is -0.130. The summed E-state index contributed by atoms with van der Waals surface area (Å²) in [4.78, 5) is 61.4. The zero-order valence-electron chi connectivity index (χ0n) is 28.2. The van der Waals surface area contributed by atoms with Crippen LogP contribution in [0.25, 0.3) is 10.9 Å². The van der Waals surface area contributed by atoms with E-state index in [1.807, 2.05) is 0 Å². The molecule has 0 bridgehead atoms. The molecule has 1 fully saturated rings. The topological polar surface area (TPSA) is 223 Å². The fourth-order valence-electron chi connectivity index (χ4n) is 5.60. The van der Waals surface area contributed by atoms with E-state index in [0.29, 0.717) is 64.5 Å². The highest BCUT2D eigenvalue weighted by Gasteiger charge is 2.34. The van der Waals surface area contributed by atoms with Crippen LogP contribution in [0.1, 0.15) is 39.1 Å². The van der Waals surface area contributed by atoms with Crippen LogP contribution >= 0.6 is 0 Å². The summed E-state index contributed by atoms with van der Waals surface area (Å²) in [6.45, 7) is 0.637. The molecule has 51 heavy (non-hydrogen) atoms. The molecule has 0 unspecified atom stereocenters. The van der Waals surface area contributed by atoms with Gasteiger partial charge in [0, 0.05) is 36.9 Å². The summed E-state index contributed by atoms with van der Waals surface area (Å²) >= 11 is 0. The van der Waals surface area contributed by atoms with E-state index in [2.05, 4.69) is 31.3 Å². The molecule has 0 aliphatic carbocycles. The van der Waals surface area contributed by atoms with E-state index in [4.69, 9.17) is 25.5 Å². The quantitative estimate of drug-likeness (QED) is 0.0455. The van der Waals surface area contributed by atoms with E-state index >= 15 is 0 Å². The Morgan fingerprint density at radius 1 is 0.941 bits per heavy atom. The zero-order chi connectivity index (χ0) is 36.3. The number of anilines is 1. The van der Waals surface area contributed by atoms with Crippen molar-refractivity contribution in [3.63, 3.8) is 0 Å². The van der Waals surface area contributed by atoms with E-state index < -0.39 is 23.8 Å². The molecule has 1 aliphatic rings. The molecule has 1 saturated heterocycles. The first-order valence-electron chi connectivity index (χ1n) is 16.1. The lowest BCUT2D eigenvalue weighted by atomic mass is 10.1. The second kappa shape index (κ2) is 16.9. The summed E-state index contributed by atoms with van der Waals surface area (Å²) < 4.78 is 16.3. The van der Waals surface area contributed by atoms with Crippen LogP contribution in [0.3, 0.4) is 0 Å². The molecule has 2 aromatic heterocycles. The number of pyridine rings is 2. The maximum Gasteiger partial charge on any atom is 0.267 e. The van der Waals surface area contributed by atoms with Crippen LogP contribution in [0.4, 0.5) is 5.82 Å². The number of aromatic nitrogens is 2. The maximum atomic E-state index is 13.2. The Hall–Kier alpha value is -6.29. The second-order valence-electron chi connectivity index (χ2n) is 11.4. The number of hydrogen-bond donors (Lipinski definition) is 6. The van der Waals surface area contributed by atoms with Crippen LogP contribution in [-0.2, 0) is 16.1 Å². The molecule has 266 valence electrons. The molecule has 0 spiro atoms. The number of benzene rings is 2. The van der Waals surface area contributed by atoms with E-state index in [1.165, 1.54) is 31.5 Å². The monoisotopic (exact) mass is 697 g/mol. The SMILES string of the molecule is COc1ccc(CNC(=O)C(=N)[C@@H]2CCCN2C(=O)CNC(=O)c2ccnc3cc(OCCNC(=O)c4ccc(NN)nc4)ccc23)cc1OC. The Morgan fingerprint density at radius 2 is 1.76 bits per heavy atom.